The third-order valence-electron chi connectivity index (χ3n) is 3.65. The summed E-state index contributed by atoms with van der Waals surface area (Å²) >= 11 is 0. The van der Waals surface area contributed by atoms with E-state index in [1.807, 2.05) is 0 Å². The Balaban J connectivity index is 2.22. The van der Waals surface area contributed by atoms with Crippen LogP contribution in [-0.4, -0.2) is 11.2 Å². The minimum absolute atomic E-state index is 0.00696. The molecule has 0 heterocycles. The lowest BCUT2D eigenvalue weighted by atomic mass is 9.90. The Hall–Kier alpha value is -1.07. The summed E-state index contributed by atoms with van der Waals surface area (Å²) in [6, 6.07) is 0.169. The number of hydrogen-bond donors (Lipinski definition) is 2. The number of rotatable bonds is 3. The fourth-order valence-corrected chi connectivity index (χ4v) is 2.57. The van der Waals surface area contributed by atoms with Crippen LogP contribution in [0.15, 0.2) is 12.1 Å². The van der Waals surface area contributed by atoms with Crippen LogP contribution in [0.2, 0.25) is 0 Å². The molecule has 2 atom stereocenters. The molecule has 18 heavy (non-hydrogen) atoms. The highest BCUT2D eigenvalue weighted by molar-refractivity contribution is 5.24. The highest BCUT2D eigenvalue weighted by Crippen LogP contribution is 2.33. The second-order valence-electron chi connectivity index (χ2n) is 4.85. The van der Waals surface area contributed by atoms with E-state index in [1.54, 1.807) is 0 Å². The van der Waals surface area contributed by atoms with Gasteiger partial charge in [0.15, 0.2) is 11.6 Å². The Labute approximate surface area is 104 Å². The molecule has 1 fully saturated rings. The fourth-order valence-electron chi connectivity index (χ4n) is 2.57. The van der Waals surface area contributed by atoms with Gasteiger partial charge < -0.3 is 10.8 Å². The molecule has 1 aromatic rings. The van der Waals surface area contributed by atoms with E-state index in [2.05, 4.69) is 0 Å². The third kappa shape index (κ3) is 2.52. The van der Waals surface area contributed by atoms with Crippen molar-refractivity contribution in [3.8, 4) is 0 Å². The second kappa shape index (κ2) is 5.28. The summed E-state index contributed by atoms with van der Waals surface area (Å²) in [5.41, 5.74) is 5.59. The van der Waals surface area contributed by atoms with Gasteiger partial charge in [0.05, 0.1) is 12.1 Å². The third-order valence-corrected chi connectivity index (χ3v) is 3.65. The largest absolute Gasteiger partial charge is 0.391 e. The van der Waals surface area contributed by atoms with Crippen LogP contribution >= 0.6 is 0 Å². The van der Waals surface area contributed by atoms with Crippen LogP contribution in [0.3, 0.4) is 0 Å². The van der Waals surface area contributed by atoms with Crippen LogP contribution in [0.4, 0.5) is 13.2 Å². The molecule has 0 saturated heterocycles. The number of hydrogen-bond acceptors (Lipinski definition) is 2. The first-order valence-corrected chi connectivity index (χ1v) is 6.09. The van der Waals surface area contributed by atoms with Crippen molar-refractivity contribution in [2.75, 3.05) is 0 Å². The molecule has 2 nitrogen and oxygen atoms in total. The van der Waals surface area contributed by atoms with Crippen LogP contribution in [-0.2, 0) is 0 Å². The molecule has 1 aliphatic carbocycles. The van der Waals surface area contributed by atoms with Gasteiger partial charge in [-0.2, -0.15) is 0 Å². The monoisotopic (exact) mass is 259 g/mol. The van der Waals surface area contributed by atoms with Gasteiger partial charge >= 0.3 is 0 Å². The molecule has 0 bridgehead atoms. The predicted molar refractivity (Wildman–Crippen MR) is 61.2 cm³/mol. The van der Waals surface area contributed by atoms with Crippen molar-refractivity contribution in [2.24, 2.45) is 11.7 Å². The van der Waals surface area contributed by atoms with Crippen molar-refractivity contribution in [1.29, 1.82) is 0 Å². The first kappa shape index (κ1) is 13.4. The number of aliphatic hydroxyl groups excluding tert-OH is 1. The number of halogens is 3. The molecule has 1 aromatic carbocycles. The van der Waals surface area contributed by atoms with Crippen molar-refractivity contribution >= 4 is 0 Å². The lowest BCUT2D eigenvalue weighted by molar-refractivity contribution is 0.0831. The van der Waals surface area contributed by atoms with E-state index < -0.39 is 29.6 Å². The zero-order valence-electron chi connectivity index (χ0n) is 9.87. The molecule has 0 unspecified atom stereocenters. The van der Waals surface area contributed by atoms with E-state index in [0.717, 1.165) is 31.7 Å². The Bertz CT molecular complexity index is 432. The van der Waals surface area contributed by atoms with E-state index in [9.17, 15) is 18.3 Å². The summed E-state index contributed by atoms with van der Waals surface area (Å²) in [4.78, 5) is 0. The molecular weight excluding hydrogens is 243 g/mol. The standard InChI is InChI=1S/C13H16F3NO/c14-9-6-11(16)10(15)5-8(9)12(17)13(18)7-3-1-2-4-7/h5-7,12-13,18H,1-4,17H2/t12-,13+/m0/s1. The minimum atomic E-state index is -1.25. The van der Waals surface area contributed by atoms with Gasteiger partial charge in [0, 0.05) is 11.6 Å². The van der Waals surface area contributed by atoms with Gasteiger partial charge in [-0.1, -0.05) is 12.8 Å². The average molecular weight is 259 g/mol. The molecule has 100 valence electrons. The summed E-state index contributed by atoms with van der Waals surface area (Å²) < 4.78 is 39.4. The van der Waals surface area contributed by atoms with E-state index >= 15 is 0 Å². The maximum Gasteiger partial charge on any atom is 0.161 e. The highest BCUT2D eigenvalue weighted by atomic mass is 19.2. The van der Waals surface area contributed by atoms with Crippen molar-refractivity contribution in [3.05, 3.63) is 35.1 Å². The van der Waals surface area contributed by atoms with Crippen LogP contribution in [0.25, 0.3) is 0 Å². The van der Waals surface area contributed by atoms with Crippen molar-refractivity contribution in [1.82, 2.24) is 0 Å². The van der Waals surface area contributed by atoms with E-state index in [4.69, 9.17) is 5.73 Å². The van der Waals surface area contributed by atoms with Crippen molar-refractivity contribution in [3.63, 3.8) is 0 Å². The van der Waals surface area contributed by atoms with Gasteiger partial charge in [-0.15, -0.1) is 0 Å². The van der Waals surface area contributed by atoms with Crippen molar-refractivity contribution in [2.45, 2.75) is 37.8 Å². The fraction of sp³-hybridized carbons (Fsp3) is 0.538. The summed E-state index contributed by atoms with van der Waals surface area (Å²) in [6.45, 7) is 0. The number of aliphatic hydroxyl groups is 1. The first-order valence-electron chi connectivity index (χ1n) is 6.09. The Kier molecular flexibility index (Phi) is 3.92. The van der Waals surface area contributed by atoms with Gasteiger partial charge in [0.25, 0.3) is 0 Å². The molecule has 1 saturated carbocycles. The molecule has 2 rings (SSSR count). The molecular formula is C13H16F3NO. The summed E-state index contributed by atoms with van der Waals surface area (Å²) in [6.07, 6.45) is 2.76. The molecule has 0 aromatic heterocycles. The van der Waals surface area contributed by atoms with Crippen LogP contribution in [0.1, 0.15) is 37.3 Å². The Morgan fingerprint density at radius 1 is 1.06 bits per heavy atom. The molecule has 3 N–H and O–H groups in total. The quantitative estimate of drug-likeness (QED) is 0.820. The smallest absolute Gasteiger partial charge is 0.161 e. The normalized spacial score (nSPS) is 20.1. The van der Waals surface area contributed by atoms with Gasteiger partial charge in [0.2, 0.25) is 0 Å². The van der Waals surface area contributed by atoms with E-state index in [0.29, 0.717) is 6.07 Å². The van der Waals surface area contributed by atoms with E-state index in [-0.39, 0.29) is 11.5 Å². The summed E-state index contributed by atoms with van der Waals surface area (Å²) in [5, 5.41) is 10.0. The predicted octanol–water partition coefficient (Wildman–Crippen LogP) is 2.65. The average Bonchev–Trinajstić information content (AvgIpc) is 2.85. The Morgan fingerprint density at radius 3 is 2.22 bits per heavy atom. The topological polar surface area (TPSA) is 46.2 Å². The summed E-state index contributed by atoms with van der Waals surface area (Å²) in [5.74, 6) is -3.31. The first-order chi connectivity index (χ1) is 8.50. The molecule has 0 aliphatic heterocycles. The zero-order valence-corrected chi connectivity index (χ0v) is 9.87. The van der Waals surface area contributed by atoms with Gasteiger partial charge in [0.1, 0.15) is 5.82 Å². The van der Waals surface area contributed by atoms with Crippen LogP contribution < -0.4 is 5.73 Å². The van der Waals surface area contributed by atoms with Crippen molar-refractivity contribution < 1.29 is 18.3 Å². The highest BCUT2D eigenvalue weighted by Gasteiger charge is 2.30. The lowest BCUT2D eigenvalue weighted by Gasteiger charge is -2.25. The second-order valence-corrected chi connectivity index (χ2v) is 4.85. The van der Waals surface area contributed by atoms with Gasteiger partial charge in [-0.25, -0.2) is 13.2 Å². The minimum Gasteiger partial charge on any atom is -0.391 e. The molecule has 0 spiro atoms. The molecule has 1 aliphatic rings. The molecule has 0 radical (unpaired) electrons. The maximum absolute atomic E-state index is 13.5. The lowest BCUT2D eigenvalue weighted by Crippen LogP contribution is -2.32. The zero-order chi connectivity index (χ0) is 13.3. The van der Waals surface area contributed by atoms with Gasteiger partial charge in [-0.05, 0) is 24.8 Å². The van der Waals surface area contributed by atoms with Gasteiger partial charge in [-0.3, -0.25) is 0 Å². The van der Waals surface area contributed by atoms with E-state index in [1.165, 1.54) is 0 Å². The number of benzene rings is 1. The molecule has 0 amide bonds. The maximum atomic E-state index is 13.5. The van der Waals surface area contributed by atoms with Crippen LogP contribution in [0, 0.1) is 23.4 Å². The van der Waals surface area contributed by atoms with Crippen LogP contribution in [0.5, 0.6) is 0 Å². The number of nitrogens with two attached hydrogens (primary N) is 1. The molecule has 5 heteroatoms. The SMILES string of the molecule is N[C@@H](c1cc(F)c(F)cc1F)[C@H](O)C1CCCC1. The Morgan fingerprint density at radius 2 is 1.61 bits per heavy atom. The summed E-state index contributed by atoms with van der Waals surface area (Å²) in [7, 11) is 0.